The van der Waals surface area contributed by atoms with Gasteiger partial charge in [-0.05, 0) is 55.7 Å². The molecule has 0 unspecified atom stereocenters. The first-order chi connectivity index (χ1) is 11.0. The smallest absolute Gasteiger partial charge is 0.387 e. The molecule has 2 aromatic rings. The average Bonchev–Trinajstić information content (AvgIpc) is 2.53. The molecule has 0 radical (unpaired) electrons. The molecule has 0 spiro atoms. The quantitative estimate of drug-likeness (QED) is 0.666. The number of fused-ring (bicyclic) bond motifs is 2. The highest BCUT2D eigenvalue weighted by molar-refractivity contribution is 6.81. The Hall–Kier alpha value is -1.68. The van der Waals surface area contributed by atoms with Gasteiger partial charge in [-0.1, -0.05) is 48.8 Å². The van der Waals surface area contributed by atoms with Crippen LogP contribution >= 0.6 is 0 Å². The lowest BCUT2D eigenvalue weighted by Crippen LogP contribution is -2.41. The lowest BCUT2D eigenvalue weighted by Gasteiger charge is -2.33. The molecule has 0 aromatic heterocycles. The van der Waals surface area contributed by atoms with Crippen LogP contribution in [0.4, 0.5) is 0 Å². The topological polar surface area (TPSA) is 18.5 Å². The Morgan fingerprint density at radius 3 is 2.17 bits per heavy atom. The first kappa shape index (κ1) is 16.2. The maximum absolute atomic E-state index is 6.53. The molecule has 0 amide bonds. The zero-order chi connectivity index (χ0) is 16.6. The molecule has 0 bridgehead atoms. The highest BCUT2D eigenvalue weighted by Gasteiger charge is 2.36. The largest absolute Gasteiger partial charge is 0.554 e. The van der Waals surface area contributed by atoms with Crippen LogP contribution in [0, 0.1) is 0 Å². The minimum Gasteiger partial charge on any atom is -0.554 e. The fourth-order valence-electron chi connectivity index (χ4n) is 3.40. The highest BCUT2D eigenvalue weighted by Crippen LogP contribution is 2.39. The van der Waals surface area contributed by atoms with Crippen molar-refractivity contribution in [2.45, 2.75) is 46.6 Å². The van der Waals surface area contributed by atoms with Crippen LogP contribution in [0.15, 0.2) is 47.1 Å². The molecule has 0 saturated carbocycles. The molecule has 0 saturated heterocycles. The van der Waals surface area contributed by atoms with Crippen LogP contribution in [0.5, 0.6) is 11.5 Å². The summed E-state index contributed by atoms with van der Waals surface area (Å²) in [5.74, 6) is 1.78. The van der Waals surface area contributed by atoms with E-state index < -0.39 is 8.32 Å². The molecule has 3 rings (SSSR count). The van der Waals surface area contributed by atoms with Crippen LogP contribution in [0.2, 0.25) is 19.4 Å². The molecule has 1 heterocycles. The molecule has 2 aromatic carbocycles. The molecule has 0 aliphatic carbocycles. The lowest BCUT2D eigenvalue weighted by molar-refractivity contribution is 0.491. The lowest BCUT2D eigenvalue weighted by atomic mass is 9.56. The number of hydrogen-bond donors (Lipinski definition) is 0. The Balaban J connectivity index is 2.19. The molecule has 0 fully saturated rings. The summed E-state index contributed by atoms with van der Waals surface area (Å²) < 4.78 is 12.9. The molecular formula is C19H25BO2Si. The number of hydrogen-bond acceptors (Lipinski definition) is 2. The summed E-state index contributed by atoms with van der Waals surface area (Å²) in [6, 6.07) is 12.7. The summed E-state index contributed by atoms with van der Waals surface area (Å²) >= 11 is 0. The molecule has 23 heavy (non-hydrogen) atoms. The van der Waals surface area contributed by atoms with Crippen molar-refractivity contribution >= 4 is 26.0 Å². The molecule has 0 N–H and O–H groups in total. The third-order valence-electron chi connectivity index (χ3n) is 4.97. The van der Waals surface area contributed by atoms with E-state index in [2.05, 4.69) is 70.3 Å². The van der Waals surface area contributed by atoms with Crippen LogP contribution in [0.1, 0.15) is 27.2 Å². The second kappa shape index (κ2) is 6.08. The van der Waals surface area contributed by atoms with E-state index in [1.807, 2.05) is 0 Å². The minimum atomic E-state index is -1.96. The van der Waals surface area contributed by atoms with Gasteiger partial charge >= 0.3 is 6.92 Å². The van der Waals surface area contributed by atoms with Gasteiger partial charge < -0.3 is 9.08 Å². The van der Waals surface area contributed by atoms with E-state index in [0.717, 1.165) is 24.2 Å². The van der Waals surface area contributed by atoms with Gasteiger partial charge in [0.15, 0.2) is 0 Å². The Morgan fingerprint density at radius 1 is 1.00 bits per heavy atom. The highest BCUT2D eigenvalue weighted by atomic mass is 28.4. The van der Waals surface area contributed by atoms with Gasteiger partial charge in [0.1, 0.15) is 11.5 Å². The Bertz CT molecular complexity index is 767. The predicted molar refractivity (Wildman–Crippen MR) is 102 cm³/mol. The van der Waals surface area contributed by atoms with Crippen LogP contribution in [-0.2, 0) is 0 Å². The van der Waals surface area contributed by atoms with Gasteiger partial charge in [-0.2, -0.15) is 0 Å². The molecule has 4 heteroatoms. The van der Waals surface area contributed by atoms with Crippen molar-refractivity contribution in [3.8, 4) is 11.5 Å². The molecule has 0 atom stereocenters. The van der Waals surface area contributed by atoms with Crippen LogP contribution in [0.3, 0.4) is 0 Å². The van der Waals surface area contributed by atoms with Gasteiger partial charge in [0.25, 0.3) is 8.32 Å². The molecule has 2 nitrogen and oxygen atoms in total. The van der Waals surface area contributed by atoms with Crippen LogP contribution in [0.25, 0.3) is 10.8 Å². The Morgan fingerprint density at radius 2 is 1.61 bits per heavy atom. The second-order valence-corrected chi connectivity index (χ2v) is 10.8. The number of benzene rings is 2. The normalized spacial score (nSPS) is 20.3. The molecule has 1 aliphatic rings. The van der Waals surface area contributed by atoms with E-state index in [1.165, 1.54) is 21.4 Å². The van der Waals surface area contributed by atoms with Crippen molar-refractivity contribution in [1.82, 2.24) is 0 Å². The fourth-order valence-corrected chi connectivity index (χ4v) is 5.37. The fraction of sp³-hybridized carbons (Fsp3) is 0.368. The van der Waals surface area contributed by atoms with Crippen molar-refractivity contribution in [3.05, 3.63) is 47.1 Å². The number of rotatable bonds is 2. The Labute approximate surface area is 140 Å². The minimum absolute atomic E-state index is 0.149. The van der Waals surface area contributed by atoms with Gasteiger partial charge in [-0.25, -0.2) is 0 Å². The standard InChI is InChI=1S/C19H25BO2Si/c1-6-17-14(3)23(4,5)22-19-13-16-11-9-8-10-15(16)12-18(19)21-20(17)7-2/h8-13H,6-7H2,1-5H3/b17-14-. The van der Waals surface area contributed by atoms with Crippen molar-refractivity contribution in [2.24, 2.45) is 0 Å². The SMILES string of the molecule is CCB1Oc2cc3ccccc3cc2O[Si](C)(C)/C(C)=C\1CC. The summed E-state index contributed by atoms with van der Waals surface area (Å²) in [5, 5.41) is 3.82. The first-order valence-corrected chi connectivity index (χ1v) is 11.5. The monoisotopic (exact) mass is 324 g/mol. The van der Waals surface area contributed by atoms with E-state index in [9.17, 15) is 0 Å². The summed E-state index contributed by atoms with van der Waals surface area (Å²) in [7, 11) is -1.96. The number of allylic oxidation sites excluding steroid dienone is 2. The van der Waals surface area contributed by atoms with E-state index in [-0.39, 0.29) is 6.92 Å². The van der Waals surface area contributed by atoms with Gasteiger partial charge in [-0.15, -0.1) is 0 Å². The van der Waals surface area contributed by atoms with E-state index >= 15 is 0 Å². The zero-order valence-electron chi connectivity index (χ0n) is 14.8. The summed E-state index contributed by atoms with van der Waals surface area (Å²) in [6.07, 6.45) is 2.00. The van der Waals surface area contributed by atoms with Gasteiger partial charge in [0.05, 0.1) is 0 Å². The van der Waals surface area contributed by atoms with E-state index in [4.69, 9.17) is 9.08 Å². The second-order valence-electron chi connectivity index (χ2n) is 6.78. The van der Waals surface area contributed by atoms with Gasteiger partial charge in [-0.3, -0.25) is 0 Å². The third-order valence-corrected chi connectivity index (χ3v) is 7.83. The molecule has 120 valence electrons. The Kier molecular flexibility index (Phi) is 4.28. The summed E-state index contributed by atoms with van der Waals surface area (Å²) in [4.78, 5) is 0. The van der Waals surface area contributed by atoms with Crippen LogP contribution < -0.4 is 9.08 Å². The first-order valence-electron chi connectivity index (χ1n) is 8.54. The maximum Gasteiger partial charge on any atom is 0.387 e. The predicted octanol–water partition coefficient (Wildman–Crippen LogP) is 5.63. The van der Waals surface area contributed by atoms with E-state index in [0.29, 0.717) is 0 Å². The van der Waals surface area contributed by atoms with Crippen molar-refractivity contribution in [2.75, 3.05) is 0 Å². The van der Waals surface area contributed by atoms with Crippen LogP contribution in [-0.4, -0.2) is 15.2 Å². The van der Waals surface area contributed by atoms with Gasteiger partial charge in [0, 0.05) is 0 Å². The maximum atomic E-state index is 6.53. The molecular weight excluding hydrogens is 299 g/mol. The average molecular weight is 324 g/mol. The van der Waals surface area contributed by atoms with Crippen molar-refractivity contribution < 1.29 is 9.08 Å². The van der Waals surface area contributed by atoms with E-state index in [1.54, 1.807) is 0 Å². The molecule has 1 aliphatic heterocycles. The third kappa shape index (κ3) is 2.92. The zero-order valence-corrected chi connectivity index (χ0v) is 15.8. The van der Waals surface area contributed by atoms with Crippen molar-refractivity contribution in [1.29, 1.82) is 0 Å². The van der Waals surface area contributed by atoms with Gasteiger partial charge in [0.2, 0.25) is 0 Å². The summed E-state index contributed by atoms with van der Waals surface area (Å²) in [6.45, 7) is 11.4. The van der Waals surface area contributed by atoms with Crippen molar-refractivity contribution in [3.63, 3.8) is 0 Å². The summed E-state index contributed by atoms with van der Waals surface area (Å²) in [5.41, 5.74) is 1.42.